The summed E-state index contributed by atoms with van der Waals surface area (Å²) in [6.45, 7) is 4.14. The molecule has 1 amide bonds. The quantitative estimate of drug-likeness (QED) is 0.637. The predicted octanol–water partition coefficient (Wildman–Crippen LogP) is 2.78. The third-order valence-corrected chi connectivity index (χ3v) is 5.52. The third kappa shape index (κ3) is 5.13. The topological polar surface area (TPSA) is 68.6 Å². The van der Waals surface area contributed by atoms with Crippen molar-refractivity contribution in [1.29, 1.82) is 0 Å². The highest BCUT2D eigenvalue weighted by Crippen LogP contribution is 2.25. The highest BCUT2D eigenvalue weighted by Gasteiger charge is 2.22. The summed E-state index contributed by atoms with van der Waals surface area (Å²) >= 11 is 0. The summed E-state index contributed by atoms with van der Waals surface area (Å²) in [5, 5.41) is 3.16. The van der Waals surface area contributed by atoms with E-state index >= 15 is 0 Å². The molecule has 1 unspecified atom stereocenters. The maximum atomic E-state index is 13.2. The Kier molecular flexibility index (Phi) is 6.64. The minimum Gasteiger partial charge on any atom is -0.497 e. The molecule has 1 aliphatic rings. The van der Waals surface area contributed by atoms with Gasteiger partial charge >= 0.3 is 0 Å². The first-order chi connectivity index (χ1) is 15.1. The average Bonchev–Trinajstić information content (AvgIpc) is 3.23. The smallest absolute Gasteiger partial charge is 0.252 e. The van der Waals surface area contributed by atoms with Crippen molar-refractivity contribution < 1.29 is 14.3 Å². The fraction of sp³-hybridized carbons (Fsp3) is 0.333. The number of morpholine rings is 1. The van der Waals surface area contributed by atoms with Crippen LogP contribution in [0.5, 0.6) is 5.75 Å². The van der Waals surface area contributed by atoms with Crippen molar-refractivity contribution in [3.8, 4) is 5.75 Å². The van der Waals surface area contributed by atoms with E-state index < -0.39 is 6.04 Å². The van der Waals surface area contributed by atoms with Crippen LogP contribution in [0.4, 0.5) is 0 Å². The van der Waals surface area contributed by atoms with Gasteiger partial charge in [-0.25, -0.2) is 4.98 Å². The first-order valence-corrected chi connectivity index (χ1v) is 10.4. The monoisotopic (exact) mass is 420 g/mol. The average molecular weight is 421 g/mol. The van der Waals surface area contributed by atoms with Crippen LogP contribution in [0.3, 0.4) is 0 Å². The lowest BCUT2D eigenvalue weighted by molar-refractivity contribution is 0.0342. The zero-order valence-electron chi connectivity index (χ0n) is 18.0. The van der Waals surface area contributed by atoms with Gasteiger partial charge in [-0.3, -0.25) is 9.69 Å². The van der Waals surface area contributed by atoms with Crippen LogP contribution in [-0.2, 0) is 18.3 Å². The molecule has 1 aromatic heterocycles. The van der Waals surface area contributed by atoms with Crippen molar-refractivity contribution >= 4 is 5.91 Å². The van der Waals surface area contributed by atoms with Crippen LogP contribution in [0.1, 0.15) is 33.4 Å². The summed E-state index contributed by atoms with van der Waals surface area (Å²) in [7, 11) is 3.55. The highest BCUT2D eigenvalue weighted by molar-refractivity contribution is 5.94. The Morgan fingerprint density at radius 3 is 2.74 bits per heavy atom. The first-order valence-electron chi connectivity index (χ1n) is 10.4. The van der Waals surface area contributed by atoms with E-state index in [1.807, 2.05) is 60.3 Å². The zero-order valence-corrected chi connectivity index (χ0v) is 18.0. The molecule has 0 aliphatic carbocycles. The summed E-state index contributed by atoms with van der Waals surface area (Å²) in [6.07, 6.45) is 3.61. The van der Waals surface area contributed by atoms with Crippen LogP contribution >= 0.6 is 0 Å². The van der Waals surface area contributed by atoms with Crippen LogP contribution in [0, 0.1) is 0 Å². The van der Waals surface area contributed by atoms with Gasteiger partial charge < -0.3 is 19.4 Å². The Morgan fingerprint density at radius 2 is 2.00 bits per heavy atom. The fourth-order valence-electron chi connectivity index (χ4n) is 3.82. The number of aryl methyl sites for hydroxylation is 1. The number of aromatic nitrogens is 2. The largest absolute Gasteiger partial charge is 0.497 e. The fourth-order valence-corrected chi connectivity index (χ4v) is 3.82. The number of ether oxygens (including phenoxy) is 2. The van der Waals surface area contributed by atoms with E-state index in [0.29, 0.717) is 5.56 Å². The second-order valence-electron chi connectivity index (χ2n) is 7.67. The van der Waals surface area contributed by atoms with Crippen LogP contribution in [0.25, 0.3) is 0 Å². The lowest BCUT2D eigenvalue weighted by atomic mass is 10.0. The van der Waals surface area contributed by atoms with E-state index in [-0.39, 0.29) is 5.91 Å². The molecule has 1 N–H and O–H groups in total. The zero-order chi connectivity index (χ0) is 21.6. The lowest BCUT2D eigenvalue weighted by Gasteiger charge is -2.26. The van der Waals surface area contributed by atoms with Gasteiger partial charge in [0.2, 0.25) is 0 Å². The third-order valence-electron chi connectivity index (χ3n) is 5.52. The molecule has 1 aliphatic heterocycles. The molecular formula is C24H28N4O3. The minimum atomic E-state index is -0.398. The number of rotatable bonds is 7. The van der Waals surface area contributed by atoms with E-state index in [9.17, 15) is 4.79 Å². The number of imidazole rings is 1. The van der Waals surface area contributed by atoms with E-state index in [0.717, 1.165) is 55.5 Å². The summed E-state index contributed by atoms with van der Waals surface area (Å²) in [5.74, 6) is 1.35. The molecule has 1 atom stereocenters. The Bertz CT molecular complexity index is 1030. The van der Waals surface area contributed by atoms with Gasteiger partial charge in [-0.15, -0.1) is 0 Å². The van der Waals surface area contributed by atoms with Gasteiger partial charge in [0.1, 0.15) is 17.6 Å². The Balaban J connectivity index is 1.56. The number of benzene rings is 2. The standard InChI is InChI=1S/C24H28N4O3/c1-27-10-9-25-23(27)22(19-6-4-8-21(16-19)30-2)26-24(29)20-7-3-5-18(15-20)17-28-11-13-31-14-12-28/h3-10,15-16,22H,11-14,17H2,1-2H3,(H,26,29). The summed E-state index contributed by atoms with van der Waals surface area (Å²) in [4.78, 5) is 20.0. The van der Waals surface area contributed by atoms with Gasteiger partial charge in [-0.2, -0.15) is 0 Å². The second-order valence-corrected chi connectivity index (χ2v) is 7.67. The molecule has 1 saturated heterocycles. The van der Waals surface area contributed by atoms with Crippen LogP contribution in [0.15, 0.2) is 60.9 Å². The van der Waals surface area contributed by atoms with Crippen LogP contribution in [-0.4, -0.2) is 53.8 Å². The van der Waals surface area contributed by atoms with Gasteiger partial charge in [0.15, 0.2) is 0 Å². The second kappa shape index (κ2) is 9.76. The molecule has 2 aromatic carbocycles. The van der Waals surface area contributed by atoms with Crippen LogP contribution < -0.4 is 10.1 Å². The molecule has 3 aromatic rings. The molecule has 0 radical (unpaired) electrons. The van der Waals surface area contributed by atoms with Gasteiger partial charge in [-0.1, -0.05) is 24.3 Å². The van der Waals surface area contributed by atoms with E-state index in [1.165, 1.54) is 0 Å². The van der Waals surface area contributed by atoms with Crippen molar-refractivity contribution in [2.24, 2.45) is 7.05 Å². The van der Waals surface area contributed by atoms with Gasteiger partial charge in [0.25, 0.3) is 5.91 Å². The van der Waals surface area contributed by atoms with Gasteiger partial charge in [0.05, 0.1) is 20.3 Å². The Morgan fingerprint density at radius 1 is 1.19 bits per heavy atom. The maximum Gasteiger partial charge on any atom is 0.252 e. The summed E-state index contributed by atoms with van der Waals surface area (Å²) < 4.78 is 12.7. The number of nitrogens with one attached hydrogen (secondary N) is 1. The van der Waals surface area contributed by atoms with Crippen molar-refractivity contribution in [1.82, 2.24) is 19.8 Å². The Hall–Kier alpha value is -3.16. The minimum absolute atomic E-state index is 0.139. The summed E-state index contributed by atoms with van der Waals surface area (Å²) in [5.41, 5.74) is 2.66. The van der Waals surface area contributed by atoms with E-state index in [1.54, 1.807) is 13.3 Å². The molecule has 1 fully saturated rings. The number of carbonyl (C=O) groups excluding carboxylic acids is 1. The molecule has 7 heteroatoms. The highest BCUT2D eigenvalue weighted by atomic mass is 16.5. The summed E-state index contributed by atoms with van der Waals surface area (Å²) in [6, 6.07) is 15.1. The molecular weight excluding hydrogens is 392 g/mol. The number of methoxy groups -OCH3 is 1. The Labute approximate surface area is 182 Å². The van der Waals surface area contributed by atoms with Crippen LogP contribution in [0.2, 0.25) is 0 Å². The molecule has 0 spiro atoms. The number of hydrogen-bond donors (Lipinski definition) is 1. The first kappa shape index (κ1) is 21.1. The number of carbonyl (C=O) groups is 1. The SMILES string of the molecule is COc1cccc(C(NC(=O)c2cccc(CN3CCOCC3)c2)c2nccn2C)c1. The molecule has 162 valence electrons. The van der Waals surface area contributed by atoms with E-state index in [2.05, 4.69) is 21.3 Å². The maximum absolute atomic E-state index is 13.2. The number of nitrogens with zero attached hydrogens (tertiary/aromatic N) is 3. The molecule has 31 heavy (non-hydrogen) atoms. The van der Waals surface area contributed by atoms with Crippen molar-refractivity contribution in [2.45, 2.75) is 12.6 Å². The predicted molar refractivity (Wildman–Crippen MR) is 118 cm³/mol. The van der Waals surface area contributed by atoms with Crippen molar-refractivity contribution in [2.75, 3.05) is 33.4 Å². The molecule has 7 nitrogen and oxygen atoms in total. The lowest BCUT2D eigenvalue weighted by Crippen LogP contribution is -2.35. The van der Waals surface area contributed by atoms with Gasteiger partial charge in [-0.05, 0) is 35.4 Å². The van der Waals surface area contributed by atoms with E-state index in [4.69, 9.17) is 9.47 Å². The van der Waals surface area contributed by atoms with Crippen molar-refractivity contribution in [3.63, 3.8) is 0 Å². The molecule has 0 saturated carbocycles. The number of amides is 1. The van der Waals surface area contributed by atoms with Gasteiger partial charge in [0, 0.05) is 44.6 Å². The number of hydrogen-bond acceptors (Lipinski definition) is 5. The molecule has 4 rings (SSSR count). The normalized spacial score (nSPS) is 15.4. The molecule has 2 heterocycles. The van der Waals surface area contributed by atoms with Crippen molar-refractivity contribution in [3.05, 3.63) is 83.4 Å². The molecule has 0 bridgehead atoms.